The zero-order chi connectivity index (χ0) is 17.4. The summed E-state index contributed by atoms with van der Waals surface area (Å²) in [6, 6.07) is 6.37. The van der Waals surface area contributed by atoms with Gasteiger partial charge in [0.25, 0.3) is 0 Å². The number of amides is 2. The van der Waals surface area contributed by atoms with Gasteiger partial charge < -0.3 is 14.6 Å². The first-order valence-corrected chi connectivity index (χ1v) is 10.5. The smallest absolute Gasteiger partial charge is 0.318 e. The van der Waals surface area contributed by atoms with Crippen molar-refractivity contribution in [3.8, 4) is 0 Å². The summed E-state index contributed by atoms with van der Waals surface area (Å²) in [6.07, 6.45) is 3.18. The fraction of sp³-hybridized carbons (Fsp3) is 0.438. The lowest BCUT2D eigenvalue weighted by Gasteiger charge is -2.33. The van der Waals surface area contributed by atoms with Crippen molar-refractivity contribution in [3.63, 3.8) is 0 Å². The molecule has 7 nitrogen and oxygen atoms in total. The van der Waals surface area contributed by atoms with E-state index in [-0.39, 0.29) is 18.1 Å². The van der Waals surface area contributed by atoms with Crippen molar-refractivity contribution in [2.24, 2.45) is 5.92 Å². The minimum absolute atomic E-state index is 0.101. The molecule has 1 aliphatic heterocycles. The van der Waals surface area contributed by atoms with Crippen molar-refractivity contribution in [3.05, 3.63) is 41.7 Å². The third-order valence-corrected chi connectivity index (χ3v) is 7.69. The standard InChI is InChI=1S/C16H19N3O4S2/c20-16(17-9-12-3-1-5-23-12)19-10-11-7-13(14(19)8-11)18-25(21,22)15-4-2-6-24-15/h1-6,11,13-14,18H,7-10H2,(H,17,20)/t11-,13+,14-/m1/s1. The fourth-order valence-corrected chi connectivity index (χ4v) is 6.03. The molecule has 1 saturated heterocycles. The van der Waals surface area contributed by atoms with Crippen LogP contribution in [-0.2, 0) is 16.6 Å². The second kappa shape index (κ2) is 6.47. The number of carbonyl (C=O) groups is 1. The molecule has 9 heteroatoms. The molecule has 2 N–H and O–H groups in total. The average molecular weight is 381 g/mol. The molecule has 2 fully saturated rings. The quantitative estimate of drug-likeness (QED) is 0.829. The number of fused-ring (bicyclic) bond motifs is 2. The Balaban J connectivity index is 1.40. The van der Waals surface area contributed by atoms with Gasteiger partial charge in [-0.2, -0.15) is 0 Å². The summed E-state index contributed by atoms with van der Waals surface area (Å²) in [5.74, 6) is 1.03. The minimum Gasteiger partial charge on any atom is -0.467 e. The Morgan fingerprint density at radius 3 is 2.88 bits per heavy atom. The van der Waals surface area contributed by atoms with Crippen molar-refractivity contribution in [1.82, 2.24) is 14.9 Å². The summed E-state index contributed by atoms with van der Waals surface area (Å²) in [4.78, 5) is 14.2. The van der Waals surface area contributed by atoms with Crippen molar-refractivity contribution < 1.29 is 17.6 Å². The van der Waals surface area contributed by atoms with Gasteiger partial charge in [0.15, 0.2) is 0 Å². The number of likely N-dealkylation sites (tertiary alicyclic amines) is 1. The summed E-state index contributed by atoms with van der Waals surface area (Å²) in [7, 11) is -3.52. The van der Waals surface area contributed by atoms with Crippen LogP contribution >= 0.6 is 11.3 Å². The first kappa shape index (κ1) is 16.6. The molecule has 0 aromatic carbocycles. The maximum atomic E-state index is 12.5. The highest BCUT2D eigenvalue weighted by molar-refractivity contribution is 7.91. The second-order valence-electron chi connectivity index (χ2n) is 6.46. The van der Waals surface area contributed by atoms with Gasteiger partial charge in [0.1, 0.15) is 9.97 Å². The number of hydrogen-bond acceptors (Lipinski definition) is 5. The molecule has 0 spiro atoms. The van der Waals surface area contributed by atoms with Gasteiger partial charge in [-0.15, -0.1) is 11.3 Å². The topological polar surface area (TPSA) is 91.7 Å². The van der Waals surface area contributed by atoms with Crippen LogP contribution in [0.3, 0.4) is 0 Å². The number of furan rings is 1. The van der Waals surface area contributed by atoms with Crippen molar-refractivity contribution in [2.45, 2.75) is 35.7 Å². The number of thiophene rings is 1. The van der Waals surface area contributed by atoms with E-state index in [0.29, 0.717) is 29.0 Å². The van der Waals surface area contributed by atoms with E-state index in [0.717, 1.165) is 12.8 Å². The maximum Gasteiger partial charge on any atom is 0.318 e. The first-order chi connectivity index (χ1) is 12.0. The molecule has 2 bridgehead atoms. The van der Waals surface area contributed by atoms with Gasteiger partial charge in [0.05, 0.1) is 18.8 Å². The Morgan fingerprint density at radius 2 is 2.20 bits per heavy atom. The van der Waals surface area contributed by atoms with E-state index < -0.39 is 10.0 Å². The van der Waals surface area contributed by atoms with Gasteiger partial charge in [-0.3, -0.25) is 0 Å². The number of piperidine rings is 1. The number of nitrogens with one attached hydrogen (secondary N) is 2. The highest BCUT2D eigenvalue weighted by Crippen LogP contribution is 2.38. The largest absolute Gasteiger partial charge is 0.467 e. The predicted octanol–water partition coefficient (Wildman–Crippen LogP) is 1.99. The first-order valence-electron chi connectivity index (χ1n) is 8.15. The number of urea groups is 1. The molecule has 2 aromatic rings. The number of sulfonamides is 1. The van der Waals surface area contributed by atoms with E-state index in [9.17, 15) is 13.2 Å². The van der Waals surface area contributed by atoms with Gasteiger partial charge >= 0.3 is 6.03 Å². The highest BCUT2D eigenvalue weighted by Gasteiger charge is 2.48. The lowest BCUT2D eigenvalue weighted by molar-refractivity contribution is 0.169. The second-order valence-corrected chi connectivity index (χ2v) is 9.34. The molecular weight excluding hydrogens is 362 g/mol. The molecule has 134 valence electrons. The van der Waals surface area contributed by atoms with Gasteiger partial charge in [-0.1, -0.05) is 6.07 Å². The third-order valence-electron chi connectivity index (χ3n) is 4.80. The predicted molar refractivity (Wildman–Crippen MR) is 92.6 cm³/mol. The fourth-order valence-electron chi connectivity index (χ4n) is 3.74. The Kier molecular flexibility index (Phi) is 4.30. The molecular formula is C16H19N3O4S2. The Labute approximate surface area is 150 Å². The summed E-state index contributed by atoms with van der Waals surface area (Å²) in [5, 5.41) is 4.58. The van der Waals surface area contributed by atoms with Gasteiger partial charge in [0.2, 0.25) is 10.0 Å². The van der Waals surface area contributed by atoms with Crippen LogP contribution < -0.4 is 10.0 Å². The summed E-state index contributed by atoms with van der Waals surface area (Å²) in [6.45, 7) is 0.997. The Hall–Kier alpha value is -1.84. The molecule has 4 rings (SSSR count). The van der Waals surface area contributed by atoms with Crippen LogP contribution in [0.5, 0.6) is 0 Å². The van der Waals surface area contributed by atoms with Crippen molar-refractivity contribution in [1.29, 1.82) is 0 Å². The molecule has 2 amide bonds. The summed E-state index contributed by atoms with van der Waals surface area (Å²) < 4.78 is 33.2. The zero-order valence-corrected chi connectivity index (χ0v) is 15.1. The molecule has 1 aliphatic carbocycles. The SMILES string of the molecule is O=C(NCc1ccco1)N1C[C@@H]2C[C@H](NS(=O)(=O)c3cccs3)[C@H]1C2. The molecule has 0 radical (unpaired) electrons. The lowest BCUT2D eigenvalue weighted by atomic mass is 10.1. The van der Waals surface area contributed by atoms with E-state index in [2.05, 4.69) is 10.0 Å². The van der Waals surface area contributed by atoms with Crippen LogP contribution in [-0.4, -0.2) is 38.0 Å². The summed E-state index contributed by atoms with van der Waals surface area (Å²) in [5.41, 5.74) is 0. The van der Waals surface area contributed by atoms with E-state index in [1.54, 1.807) is 40.8 Å². The van der Waals surface area contributed by atoms with Crippen LogP contribution in [0, 0.1) is 5.92 Å². The van der Waals surface area contributed by atoms with Gasteiger partial charge in [-0.05, 0) is 42.3 Å². The average Bonchev–Trinajstić information content (AvgIpc) is 3.36. The van der Waals surface area contributed by atoms with E-state index in [1.807, 2.05) is 0 Å². The minimum atomic E-state index is -3.52. The number of rotatable bonds is 5. The zero-order valence-electron chi connectivity index (χ0n) is 13.4. The van der Waals surface area contributed by atoms with Crippen LogP contribution in [0.25, 0.3) is 0 Å². The molecule has 3 heterocycles. The molecule has 0 unspecified atom stereocenters. The normalized spacial score (nSPS) is 25.4. The Bertz CT molecular complexity index is 833. The number of hydrogen-bond donors (Lipinski definition) is 2. The van der Waals surface area contributed by atoms with E-state index in [4.69, 9.17) is 4.42 Å². The molecule has 3 atom stereocenters. The van der Waals surface area contributed by atoms with Crippen LogP contribution in [0.1, 0.15) is 18.6 Å². The third kappa shape index (κ3) is 3.31. The monoisotopic (exact) mass is 381 g/mol. The number of carbonyl (C=O) groups excluding carboxylic acids is 1. The van der Waals surface area contributed by atoms with E-state index >= 15 is 0 Å². The van der Waals surface area contributed by atoms with Crippen LogP contribution in [0.4, 0.5) is 4.79 Å². The molecule has 2 aliphatic rings. The molecule has 2 aromatic heterocycles. The molecule has 1 saturated carbocycles. The maximum absolute atomic E-state index is 12.5. The van der Waals surface area contributed by atoms with Gasteiger partial charge in [0, 0.05) is 12.6 Å². The van der Waals surface area contributed by atoms with Crippen LogP contribution in [0.15, 0.2) is 44.5 Å². The number of nitrogens with zero attached hydrogens (tertiary/aromatic N) is 1. The Morgan fingerprint density at radius 1 is 1.32 bits per heavy atom. The van der Waals surface area contributed by atoms with Crippen molar-refractivity contribution in [2.75, 3.05) is 6.54 Å². The lowest BCUT2D eigenvalue weighted by Crippen LogP contribution is -2.54. The van der Waals surface area contributed by atoms with Crippen molar-refractivity contribution >= 4 is 27.4 Å². The van der Waals surface area contributed by atoms with Crippen LogP contribution in [0.2, 0.25) is 0 Å². The van der Waals surface area contributed by atoms with E-state index in [1.165, 1.54) is 11.3 Å². The highest BCUT2D eigenvalue weighted by atomic mass is 32.2. The molecule has 25 heavy (non-hydrogen) atoms. The van der Waals surface area contributed by atoms with Gasteiger partial charge in [-0.25, -0.2) is 17.9 Å². The summed E-state index contributed by atoms with van der Waals surface area (Å²) >= 11 is 1.19.